The molecule has 0 aliphatic carbocycles. The molecule has 0 spiro atoms. The van der Waals surface area contributed by atoms with Gasteiger partial charge in [0.1, 0.15) is 0 Å². The summed E-state index contributed by atoms with van der Waals surface area (Å²) in [6.45, 7) is 4.14. The average Bonchev–Trinajstić information content (AvgIpc) is 2.39. The maximum atomic E-state index is 13.0. The summed E-state index contributed by atoms with van der Waals surface area (Å²) in [5.41, 5.74) is 5.25. The number of nitrogens with one attached hydrogen (secondary N) is 1. The highest BCUT2D eigenvalue weighted by molar-refractivity contribution is 5.94. The molecule has 0 bridgehead atoms. The normalized spacial score (nSPS) is 11.4. The molecule has 3 N–H and O–H groups in total. The summed E-state index contributed by atoms with van der Waals surface area (Å²) in [5, 5.41) is 2.79. The van der Waals surface area contributed by atoms with Crippen molar-refractivity contribution in [1.82, 2.24) is 5.32 Å². The molecule has 0 atom stereocenters. The zero-order chi connectivity index (χ0) is 13.8. The zero-order valence-corrected chi connectivity index (χ0v) is 10.6. The Hall–Kier alpha value is -1.49. The lowest BCUT2D eigenvalue weighted by Gasteiger charge is -2.31. The van der Waals surface area contributed by atoms with Crippen molar-refractivity contribution in [3.63, 3.8) is 0 Å². The third kappa shape index (κ3) is 3.04. The first-order chi connectivity index (χ1) is 8.48. The van der Waals surface area contributed by atoms with Gasteiger partial charge >= 0.3 is 0 Å². The van der Waals surface area contributed by atoms with Crippen LogP contribution in [0.15, 0.2) is 18.2 Å². The van der Waals surface area contributed by atoms with Crippen molar-refractivity contribution in [1.29, 1.82) is 0 Å². The Morgan fingerprint density at radius 2 is 1.89 bits per heavy atom. The molecule has 0 aliphatic heterocycles. The van der Waals surface area contributed by atoms with Gasteiger partial charge in [-0.3, -0.25) is 4.79 Å². The molecule has 0 heterocycles. The second kappa shape index (κ2) is 5.91. The summed E-state index contributed by atoms with van der Waals surface area (Å²) in [7, 11) is 0. The number of benzene rings is 1. The second-order valence-corrected chi connectivity index (χ2v) is 4.27. The molecule has 1 amide bonds. The maximum Gasteiger partial charge on any atom is 0.251 e. The van der Waals surface area contributed by atoms with E-state index in [1.807, 2.05) is 13.8 Å². The lowest BCUT2D eigenvalue weighted by molar-refractivity contribution is 0.0894. The van der Waals surface area contributed by atoms with Crippen molar-refractivity contribution in [3.8, 4) is 0 Å². The van der Waals surface area contributed by atoms with E-state index in [0.29, 0.717) is 19.4 Å². The molecule has 1 rings (SSSR count). The van der Waals surface area contributed by atoms with E-state index in [2.05, 4.69) is 5.32 Å². The predicted octanol–water partition coefficient (Wildman–Crippen LogP) is 2.21. The van der Waals surface area contributed by atoms with E-state index in [9.17, 15) is 13.6 Å². The molecule has 0 saturated carbocycles. The predicted molar refractivity (Wildman–Crippen MR) is 66.2 cm³/mol. The molecule has 0 aliphatic rings. The van der Waals surface area contributed by atoms with Crippen LogP contribution in [0.5, 0.6) is 0 Å². The number of halogens is 2. The van der Waals surface area contributed by atoms with Gasteiger partial charge in [-0.05, 0) is 31.0 Å². The highest BCUT2D eigenvalue weighted by Gasteiger charge is 2.26. The minimum Gasteiger partial charge on any atom is -0.345 e. The Morgan fingerprint density at radius 3 is 2.33 bits per heavy atom. The van der Waals surface area contributed by atoms with Gasteiger partial charge in [-0.1, -0.05) is 13.8 Å². The van der Waals surface area contributed by atoms with Crippen LogP contribution in [0.25, 0.3) is 0 Å². The van der Waals surface area contributed by atoms with Crippen LogP contribution in [0.2, 0.25) is 0 Å². The van der Waals surface area contributed by atoms with E-state index in [0.717, 1.165) is 12.1 Å². The highest BCUT2D eigenvalue weighted by atomic mass is 19.2. The van der Waals surface area contributed by atoms with Crippen LogP contribution < -0.4 is 11.1 Å². The van der Waals surface area contributed by atoms with E-state index in [1.165, 1.54) is 6.07 Å². The van der Waals surface area contributed by atoms with Crippen molar-refractivity contribution >= 4 is 5.91 Å². The Labute approximate surface area is 105 Å². The number of rotatable bonds is 5. The Bertz CT molecular complexity index is 423. The minimum atomic E-state index is -1.03. The summed E-state index contributed by atoms with van der Waals surface area (Å²) in [6, 6.07) is 3.07. The van der Waals surface area contributed by atoms with Gasteiger partial charge in [0.2, 0.25) is 0 Å². The summed E-state index contributed by atoms with van der Waals surface area (Å²) in [5.74, 6) is -2.44. The Kier molecular flexibility index (Phi) is 4.78. The molecule has 0 radical (unpaired) electrons. The van der Waals surface area contributed by atoms with Gasteiger partial charge in [0.05, 0.1) is 5.54 Å². The quantitative estimate of drug-likeness (QED) is 0.848. The van der Waals surface area contributed by atoms with Gasteiger partial charge in [0.15, 0.2) is 11.6 Å². The SMILES string of the molecule is CCC(CC)(CN)NC(=O)c1ccc(F)c(F)c1. The molecule has 0 aromatic heterocycles. The third-order valence-electron chi connectivity index (χ3n) is 3.30. The van der Waals surface area contributed by atoms with Gasteiger partial charge in [-0.25, -0.2) is 8.78 Å². The highest BCUT2D eigenvalue weighted by Crippen LogP contribution is 2.15. The number of hydrogen-bond donors (Lipinski definition) is 2. The molecule has 0 saturated heterocycles. The van der Waals surface area contributed by atoms with Gasteiger partial charge in [-0.15, -0.1) is 0 Å². The summed E-state index contributed by atoms with van der Waals surface area (Å²) >= 11 is 0. The largest absolute Gasteiger partial charge is 0.345 e. The molecular weight excluding hydrogens is 238 g/mol. The fourth-order valence-electron chi connectivity index (χ4n) is 1.72. The van der Waals surface area contributed by atoms with Crippen molar-refractivity contribution in [2.75, 3.05) is 6.54 Å². The first-order valence-corrected chi connectivity index (χ1v) is 5.95. The van der Waals surface area contributed by atoms with Crippen LogP contribution in [0.4, 0.5) is 8.78 Å². The van der Waals surface area contributed by atoms with E-state index in [4.69, 9.17) is 5.73 Å². The van der Waals surface area contributed by atoms with Gasteiger partial charge in [0.25, 0.3) is 5.91 Å². The third-order valence-corrected chi connectivity index (χ3v) is 3.30. The van der Waals surface area contributed by atoms with Gasteiger partial charge in [0, 0.05) is 12.1 Å². The first-order valence-electron chi connectivity index (χ1n) is 5.95. The number of amides is 1. The first kappa shape index (κ1) is 14.6. The smallest absolute Gasteiger partial charge is 0.251 e. The molecule has 18 heavy (non-hydrogen) atoms. The van der Waals surface area contributed by atoms with Crippen molar-refractivity contribution in [2.45, 2.75) is 32.2 Å². The van der Waals surface area contributed by atoms with E-state index < -0.39 is 23.1 Å². The Balaban J connectivity index is 2.90. The molecule has 0 fully saturated rings. The zero-order valence-electron chi connectivity index (χ0n) is 10.6. The average molecular weight is 256 g/mol. The molecule has 1 aromatic carbocycles. The molecular formula is C13H18F2N2O. The summed E-state index contributed by atoms with van der Waals surface area (Å²) in [6.07, 6.45) is 1.35. The van der Waals surface area contributed by atoms with E-state index >= 15 is 0 Å². The lowest BCUT2D eigenvalue weighted by Crippen LogP contribution is -2.52. The minimum absolute atomic E-state index is 0.0913. The van der Waals surface area contributed by atoms with Crippen molar-refractivity contribution in [3.05, 3.63) is 35.4 Å². The molecule has 5 heteroatoms. The molecule has 3 nitrogen and oxygen atoms in total. The maximum absolute atomic E-state index is 13.0. The fraction of sp³-hybridized carbons (Fsp3) is 0.462. The van der Waals surface area contributed by atoms with Crippen molar-refractivity contribution in [2.24, 2.45) is 5.73 Å². The molecule has 1 aromatic rings. The topological polar surface area (TPSA) is 55.1 Å². The fourth-order valence-corrected chi connectivity index (χ4v) is 1.72. The van der Waals surface area contributed by atoms with Crippen molar-refractivity contribution < 1.29 is 13.6 Å². The number of hydrogen-bond acceptors (Lipinski definition) is 2. The van der Waals surface area contributed by atoms with Crippen LogP contribution in [-0.2, 0) is 0 Å². The molecule has 0 unspecified atom stereocenters. The number of nitrogens with two attached hydrogens (primary N) is 1. The summed E-state index contributed by atoms with van der Waals surface area (Å²) < 4.78 is 25.8. The number of carbonyl (C=O) groups is 1. The van der Waals surface area contributed by atoms with Crippen LogP contribution in [0.3, 0.4) is 0 Å². The monoisotopic (exact) mass is 256 g/mol. The second-order valence-electron chi connectivity index (χ2n) is 4.27. The van der Waals surface area contributed by atoms with Gasteiger partial charge in [-0.2, -0.15) is 0 Å². The summed E-state index contributed by atoms with van der Waals surface area (Å²) in [4.78, 5) is 11.9. The van der Waals surface area contributed by atoms with Gasteiger partial charge < -0.3 is 11.1 Å². The van der Waals surface area contributed by atoms with Crippen LogP contribution in [0, 0.1) is 11.6 Å². The Morgan fingerprint density at radius 1 is 1.28 bits per heavy atom. The van der Waals surface area contributed by atoms with Crippen LogP contribution in [-0.4, -0.2) is 18.0 Å². The van der Waals surface area contributed by atoms with Crippen LogP contribution >= 0.6 is 0 Å². The lowest BCUT2D eigenvalue weighted by atomic mass is 9.92. The standard InChI is InChI=1S/C13H18F2N2O/c1-3-13(4-2,8-16)17-12(18)9-5-6-10(14)11(15)7-9/h5-7H,3-4,8,16H2,1-2H3,(H,17,18). The van der Waals surface area contributed by atoms with Crippen LogP contribution in [0.1, 0.15) is 37.0 Å². The molecule has 100 valence electrons. The van der Waals surface area contributed by atoms with E-state index in [1.54, 1.807) is 0 Å². The van der Waals surface area contributed by atoms with E-state index in [-0.39, 0.29) is 5.56 Å². The number of carbonyl (C=O) groups excluding carboxylic acids is 1.